The standard InChI is InChI=1S/C15H32N4O3/c1-7-19(14(20)22-15(3,4)5)11-9-17-13(16-6)18-10-12-21-8-2/h7-12H2,1-6H3,(H2,16,17,18). The number of guanidine groups is 1. The Bertz CT molecular complexity index is 340. The summed E-state index contributed by atoms with van der Waals surface area (Å²) in [5, 5.41) is 6.31. The number of hydrogen-bond donors (Lipinski definition) is 2. The van der Waals surface area contributed by atoms with Gasteiger partial charge < -0.3 is 25.0 Å². The molecule has 2 N–H and O–H groups in total. The average Bonchev–Trinajstić information content (AvgIpc) is 2.43. The molecule has 0 aromatic heterocycles. The number of carbonyl (C=O) groups is 1. The Hall–Kier alpha value is -1.50. The van der Waals surface area contributed by atoms with Gasteiger partial charge in [-0.15, -0.1) is 0 Å². The number of amides is 1. The van der Waals surface area contributed by atoms with E-state index in [2.05, 4.69) is 15.6 Å². The molecule has 0 aromatic carbocycles. The Balaban J connectivity index is 4.09. The van der Waals surface area contributed by atoms with Crippen molar-refractivity contribution in [2.75, 3.05) is 46.4 Å². The number of carbonyl (C=O) groups excluding carboxylic acids is 1. The molecule has 0 aliphatic carbocycles. The van der Waals surface area contributed by atoms with Crippen LogP contribution in [-0.4, -0.2) is 69.0 Å². The summed E-state index contributed by atoms with van der Waals surface area (Å²) in [5.41, 5.74) is -0.477. The highest BCUT2D eigenvalue weighted by atomic mass is 16.6. The predicted octanol–water partition coefficient (Wildman–Crippen LogP) is 1.44. The molecular formula is C15H32N4O3. The van der Waals surface area contributed by atoms with E-state index in [0.717, 1.165) is 0 Å². The maximum atomic E-state index is 12.0. The fourth-order valence-corrected chi connectivity index (χ4v) is 1.62. The zero-order valence-corrected chi connectivity index (χ0v) is 14.9. The molecule has 0 atom stereocenters. The lowest BCUT2D eigenvalue weighted by Gasteiger charge is -2.26. The second-order valence-electron chi connectivity index (χ2n) is 5.68. The van der Waals surface area contributed by atoms with Crippen LogP contribution in [0.25, 0.3) is 0 Å². The van der Waals surface area contributed by atoms with Crippen LogP contribution in [0.15, 0.2) is 4.99 Å². The largest absolute Gasteiger partial charge is 0.444 e. The normalized spacial score (nSPS) is 12.0. The zero-order chi connectivity index (χ0) is 17.0. The second-order valence-corrected chi connectivity index (χ2v) is 5.68. The van der Waals surface area contributed by atoms with Gasteiger partial charge in [-0.25, -0.2) is 4.79 Å². The third kappa shape index (κ3) is 10.3. The van der Waals surface area contributed by atoms with E-state index in [1.807, 2.05) is 34.6 Å². The lowest BCUT2D eigenvalue weighted by molar-refractivity contribution is 0.0264. The first-order chi connectivity index (χ1) is 10.3. The number of nitrogens with zero attached hydrogens (tertiary/aromatic N) is 2. The number of rotatable bonds is 8. The monoisotopic (exact) mass is 316 g/mol. The van der Waals surface area contributed by atoms with E-state index in [4.69, 9.17) is 9.47 Å². The molecule has 0 saturated heterocycles. The maximum absolute atomic E-state index is 12.0. The van der Waals surface area contributed by atoms with Gasteiger partial charge in [0.2, 0.25) is 0 Å². The van der Waals surface area contributed by atoms with E-state index in [-0.39, 0.29) is 6.09 Å². The minimum absolute atomic E-state index is 0.295. The Morgan fingerprint density at radius 1 is 1.18 bits per heavy atom. The highest BCUT2D eigenvalue weighted by Gasteiger charge is 2.20. The van der Waals surface area contributed by atoms with Crippen molar-refractivity contribution in [1.29, 1.82) is 0 Å². The van der Waals surface area contributed by atoms with E-state index in [1.54, 1.807) is 11.9 Å². The molecule has 0 spiro atoms. The van der Waals surface area contributed by atoms with Gasteiger partial charge in [0.1, 0.15) is 5.60 Å². The van der Waals surface area contributed by atoms with Crippen LogP contribution >= 0.6 is 0 Å². The fraction of sp³-hybridized carbons (Fsp3) is 0.867. The molecule has 0 aliphatic heterocycles. The summed E-state index contributed by atoms with van der Waals surface area (Å²) in [6.45, 7) is 13.3. The molecule has 0 aliphatic rings. The Kier molecular flexibility index (Phi) is 10.4. The van der Waals surface area contributed by atoms with Crippen molar-refractivity contribution in [3.8, 4) is 0 Å². The van der Waals surface area contributed by atoms with Crippen molar-refractivity contribution >= 4 is 12.1 Å². The van der Waals surface area contributed by atoms with Crippen LogP contribution in [0.1, 0.15) is 34.6 Å². The van der Waals surface area contributed by atoms with Crippen molar-refractivity contribution in [1.82, 2.24) is 15.5 Å². The second kappa shape index (κ2) is 11.1. The van der Waals surface area contributed by atoms with Gasteiger partial charge >= 0.3 is 6.09 Å². The molecule has 7 nitrogen and oxygen atoms in total. The van der Waals surface area contributed by atoms with Crippen LogP contribution in [0.5, 0.6) is 0 Å². The summed E-state index contributed by atoms with van der Waals surface area (Å²) in [4.78, 5) is 17.8. The molecule has 0 radical (unpaired) electrons. The van der Waals surface area contributed by atoms with Gasteiger partial charge in [-0.1, -0.05) is 0 Å². The molecule has 0 aromatic rings. The highest BCUT2D eigenvalue weighted by Crippen LogP contribution is 2.09. The Morgan fingerprint density at radius 3 is 2.32 bits per heavy atom. The van der Waals surface area contributed by atoms with Crippen molar-refractivity contribution in [3.05, 3.63) is 0 Å². The summed E-state index contributed by atoms with van der Waals surface area (Å²) < 4.78 is 10.6. The molecule has 22 heavy (non-hydrogen) atoms. The van der Waals surface area contributed by atoms with E-state index in [1.165, 1.54) is 0 Å². The van der Waals surface area contributed by atoms with Gasteiger partial charge in [-0.3, -0.25) is 4.99 Å². The summed E-state index contributed by atoms with van der Waals surface area (Å²) in [7, 11) is 1.71. The van der Waals surface area contributed by atoms with Gasteiger partial charge in [0.25, 0.3) is 0 Å². The number of nitrogens with one attached hydrogen (secondary N) is 2. The molecule has 1 amide bonds. The number of ether oxygens (including phenoxy) is 2. The van der Waals surface area contributed by atoms with Crippen LogP contribution < -0.4 is 10.6 Å². The molecule has 0 bridgehead atoms. The fourth-order valence-electron chi connectivity index (χ4n) is 1.62. The first-order valence-corrected chi connectivity index (χ1v) is 7.84. The number of aliphatic imine (C=N–C) groups is 1. The molecule has 0 unspecified atom stereocenters. The summed E-state index contributed by atoms with van der Waals surface area (Å²) in [5.74, 6) is 0.694. The first-order valence-electron chi connectivity index (χ1n) is 7.84. The lowest BCUT2D eigenvalue weighted by Crippen LogP contribution is -2.44. The van der Waals surface area contributed by atoms with Crippen molar-refractivity contribution in [2.24, 2.45) is 4.99 Å². The topological polar surface area (TPSA) is 75.2 Å². The molecule has 0 heterocycles. The molecule has 0 fully saturated rings. The molecule has 7 heteroatoms. The number of likely N-dealkylation sites (N-methyl/N-ethyl adjacent to an activating group) is 1. The van der Waals surface area contributed by atoms with Crippen molar-refractivity contribution in [3.63, 3.8) is 0 Å². The van der Waals surface area contributed by atoms with E-state index >= 15 is 0 Å². The minimum Gasteiger partial charge on any atom is -0.444 e. The lowest BCUT2D eigenvalue weighted by atomic mass is 10.2. The zero-order valence-electron chi connectivity index (χ0n) is 14.9. The van der Waals surface area contributed by atoms with Gasteiger partial charge in [-0.05, 0) is 34.6 Å². The van der Waals surface area contributed by atoms with Crippen LogP contribution in [-0.2, 0) is 9.47 Å². The average molecular weight is 316 g/mol. The van der Waals surface area contributed by atoms with Crippen LogP contribution in [0.2, 0.25) is 0 Å². The minimum atomic E-state index is -0.477. The summed E-state index contributed by atoms with van der Waals surface area (Å²) >= 11 is 0. The van der Waals surface area contributed by atoms with Crippen molar-refractivity contribution in [2.45, 2.75) is 40.2 Å². The van der Waals surface area contributed by atoms with Gasteiger partial charge in [0, 0.05) is 39.8 Å². The third-order valence-corrected chi connectivity index (χ3v) is 2.67. The van der Waals surface area contributed by atoms with Crippen molar-refractivity contribution < 1.29 is 14.3 Å². The van der Waals surface area contributed by atoms with Gasteiger partial charge in [0.05, 0.1) is 6.61 Å². The summed E-state index contributed by atoms with van der Waals surface area (Å²) in [6, 6.07) is 0. The first kappa shape index (κ1) is 20.5. The maximum Gasteiger partial charge on any atom is 0.410 e. The third-order valence-electron chi connectivity index (χ3n) is 2.67. The molecule has 0 saturated carbocycles. The van der Waals surface area contributed by atoms with E-state index in [9.17, 15) is 4.79 Å². The van der Waals surface area contributed by atoms with Gasteiger partial charge in [-0.2, -0.15) is 0 Å². The van der Waals surface area contributed by atoms with Crippen LogP contribution in [0, 0.1) is 0 Å². The van der Waals surface area contributed by atoms with Crippen LogP contribution in [0.4, 0.5) is 4.79 Å². The Labute approximate surface area is 134 Å². The highest BCUT2D eigenvalue weighted by molar-refractivity contribution is 5.79. The summed E-state index contributed by atoms with van der Waals surface area (Å²) in [6.07, 6.45) is -0.295. The SMILES string of the molecule is CCOCCNC(=NC)NCCN(CC)C(=O)OC(C)(C)C. The smallest absolute Gasteiger partial charge is 0.410 e. The molecule has 130 valence electrons. The predicted molar refractivity (Wildman–Crippen MR) is 89.3 cm³/mol. The quantitative estimate of drug-likeness (QED) is 0.403. The van der Waals surface area contributed by atoms with E-state index in [0.29, 0.717) is 45.4 Å². The molecule has 0 rings (SSSR count). The Morgan fingerprint density at radius 2 is 1.82 bits per heavy atom. The molecular weight excluding hydrogens is 284 g/mol. The van der Waals surface area contributed by atoms with Crippen LogP contribution in [0.3, 0.4) is 0 Å². The van der Waals surface area contributed by atoms with E-state index < -0.39 is 5.60 Å². The number of hydrogen-bond acceptors (Lipinski definition) is 4. The van der Waals surface area contributed by atoms with Gasteiger partial charge in [0.15, 0.2) is 5.96 Å².